The van der Waals surface area contributed by atoms with Crippen molar-refractivity contribution in [2.24, 2.45) is 0 Å². The zero-order chi connectivity index (χ0) is 24.6. The fourth-order valence-electron chi connectivity index (χ4n) is 3.42. The second kappa shape index (κ2) is 9.12. The molecule has 1 aromatic carbocycles. The lowest BCUT2D eigenvalue weighted by molar-refractivity contribution is 0.00578. The van der Waals surface area contributed by atoms with Gasteiger partial charge in [0, 0.05) is 0 Å². The molecule has 2 N–H and O–H groups in total. The Bertz CT molecular complexity index is 947. The van der Waals surface area contributed by atoms with Crippen molar-refractivity contribution in [1.29, 1.82) is 0 Å². The largest absolute Gasteiger partial charge is 0.494 e. The van der Waals surface area contributed by atoms with Crippen LogP contribution in [0.2, 0.25) is 0 Å². The Balaban J connectivity index is 1.71. The van der Waals surface area contributed by atoms with Crippen LogP contribution >= 0.6 is 0 Å². The number of aromatic amines is 1. The molecule has 9 heteroatoms. The Morgan fingerprint density at radius 1 is 1.18 bits per heavy atom. The molecule has 1 saturated heterocycles. The van der Waals surface area contributed by atoms with Crippen LogP contribution in [0.25, 0.3) is 11.3 Å². The molecule has 1 fully saturated rings. The monoisotopic (exact) mass is 457 g/mol. The molecule has 8 nitrogen and oxygen atoms in total. The minimum atomic E-state index is -0.686. The maximum absolute atomic E-state index is 12.6. The Labute approximate surface area is 196 Å². The molecule has 0 saturated carbocycles. The molecule has 1 aliphatic heterocycles. The van der Waals surface area contributed by atoms with E-state index in [9.17, 15) is 9.90 Å². The number of hydrogen-bond donors (Lipinski definition) is 2. The van der Waals surface area contributed by atoms with E-state index >= 15 is 0 Å². The minimum absolute atomic E-state index is 0.147. The number of amides is 1. The molecular weight excluding hydrogens is 421 g/mol. The van der Waals surface area contributed by atoms with Crippen molar-refractivity contribution >= 4 is 18.7 Å². The highest BCUT2D eigenvalue weighted by Crippen LogP contribution is 2.36. The number of nitrogens with zero attached hydrogens (tertiary/aromatic N) is 2. The van der Waals surface area contributed by atoms with E-state index in [1.54, 1.807) is 13.1 Å². The van der Waals surface area contributed by atoms with Gasteiger partial charge in [-0.1, -0.05) is 24.3 Å². The maximum atomic E-state index is 12.6. The first-order valence-corrected chi connectivity index (χ1v) is 11.3. The SMILES string of the molecule is CC(O)CN(Cc1ncc(-c2ccc(B3OC(C)(C)C(C)(C)O3)cc2)[nH]1)C(=O)OC(C)(C)C. The number of carbonyl (C=O) groups is 1. The van der Waals surface area contributed by atoms with Gasteiger partial charge in [-0.15, -0.1) is 0 Å². The molecule has 1 unspecified atom stereocenters. The third-order valence-electron chi connectivity index (χ3n) is 5.85. The third kappa shape index (κ3) is 6.16. The molecule has 0 spiro atoms. The van der Waals surface area contributed by atoms with Crippen molar-refractivity contribution in [3.8, 4) is 11.3 Å². The lowest BCUT2D eigenvalue weighted by Crippen LogP contribution is -2.41. The predicted molar refractivity (Wildman–Crippen MR) is 128 cm³/mol. The number of benzene rings is 1. The molecule has 3 rings (SSSR count). The first-order chi connectivity index (χ1) is 15.2. The molecule has 1 atom stereocenters. The van der Waals surface area contributed by atoms with Gasteiger partial charge in [-0.2, -0.15) is 0 Å². The molecule has 33 heavy (non-hydrogen) atoms. The number of H-pyrrole nitrogens is 1. The van der Waals surface area contributed by atoms with Gasteiger partial charge in [0.25, 0.3) is 0 Å². The fourth-order valence-corrected chi connectivity index (χ4v) is 3.42. The van der Waals surface area contributed by atoms with E-state index in [0.29, 0.717) is 5.82 Å². The lowest BCUT2D eigenvalue weighted by Gasteiger charge is -2.32. The van der Waals surface area contributed by atoms with Crippen LogP contribution in [0.1, 0.15) is 61.2 Å². The molecule has 0 radical (unpaired) electrons. The van der Waals surface area contributed by atoms with Gasteiger partial charge >= 0.3 is 13.2 Å². The average molecular weight is 457 g/mol. The van der Waals surface area contributed by atoms with E-state index < -0.39 is 24.9 Å². The quantitative estimate of drug-likeness (QED) is 0.645. The topological polar surface area (TPSA) is 96.9 Å². The molecule has 0 bridgehead atoms. The number of aliphatic hydroxyl groups is 1. The summed E-state index contributed by atoms with van der Waals surface area (Å²) in [6, 6.07) is 7.94. The highest BCUT2D eigenvalue weighted by molar-refractivity contribution is 6.62. The summed E-state index contributed by atoms with van der Waals surface area (Å²) in [4.78, 5) is 21.7. The second-order valence-electron chi connectivity index (χ2n) is 10.7. The van der Waals surface area contributed by atoms with Crippen LogP contribution in [0.3, 0.4) is 0 Å². The van der Waals surface area contributed by atoms with E-state index in [4.69, 9.17) is 14.0 Å². The van der Waals surface area contributed by atoms with Crippen molar-refractivity contribution in [2.45, 2.75) is 84.8 Å². The van der Waals surface area contributed by atoms with Gasteiger partial charge in [-0.3, -0.25) is 4.90 Å². The van der Waals surface area contributed by atoms with E-state index in [-0.39, 0.29) is 24.3 Å². The fraction of sp³-hybridized carbons (Fsp3) is 0.583. The van der Waals surface area contributed by atoms with E-state index in [2.05, 4.69) is 9.97 Å². The smallest absolute Gasteiger partial charge is 0.444 e. The van der Waals surface area contributed by atoms with Gasteiger partial charge in [-0.05, 0) is 66.4 Å². The highest BCUT2D eigenvalue weighted by atomic mass is 16.7. The summed E-state index contributed by atoms with van der Waals surface area (Å²) < 4.78 is 17.7. The van der Waals surface area contributed by atoms with Crippen LogP contribution in [0.4, 0.5) is 4.79 Å². The molecule has 1 amide bonds. The number of carbonyl (C=O) groups excluding carboxylic acids is 1. The summed E-state index contributed by atoms with van der Waals surface area (Å²) in [5.74, 6) is 0.603. The number of nitrogens with one attached hydrogen (secondary N) is 1. The number of rotatable bonds is 6. The van der Waals surface area contributed by atoms with Crippen LogP contribution in [-0.2, 0) is 20.6 Å². The van der Waals surface area contributed by atoms with Crippen molar-refractivity contribution in [1.82, 2.24) is 14.9 Å². The minimum Gasteiger partial charge on any atom is -0.444 e. The normalized spacial score (nSPS) is 18.3. The Hall–Kier alpha value is -2.36. The van der Waals surface area contributed by atoms with Gasteiger partial charge in [0.15, 0.2) is 0 Å². The van der Waals surface area contributed by atoms with Crippen molar-refractivity contribution in [2.75, 3.05) is 6.54 Å². The Morgan fingerprint density at radius 3 is 2.27 bits per heavy atom. The zero-order valence-electron chi connectivity index (χ0n) is 20.9. The summed E-state index contributed by atoms with van der Waals surface area (Å²) in [6.07, 6.45) is 0.553. The van der Waals surface area contributed by atoms with Crippen LogP contribution < -0.4 is 5.46 Å². The standard InChI is InChI=1S/C24H36BN3O5/c1-16(29)14-28(21(30)31-22(2,3)4)15-20-26-13-19(27-20)17-9-11-18(12-10-17)25-32-23(5,6)24(7,8)33-25/h9-13,16,29H,14-15H2,1-8H3,(H,26,27). The number of aromatic nitrogens is 2. The maximum Gasteiger partial charge on any atom is 0.494 e. The summed E-state index contributed by atoms with van der Waals surface area (Å²) in [7, 11) is -0.413. The summed E-state index contributed by atoms with van der Waals surface area (Å²) in [5.41, 5.74) is 1.33. The number of hydrogen-bond acceptors (Lipinski definition) is 6. The van der Waals surface area contributed by atoms with E-state index in [0.717, 1.165) is 16.7 Å². The van der Waals surface area contributed by atoms with Crippen molar-refractivity contribution in [3.05, 3.63) is 36.3 Å². The van der Waals surface area contributed by atoms with E-state index in [1.807, 2.05) is 72.7 Å². The van der Waals surface area contributed by atoms with Gasteiger partial charge in [0.1, 0.15) is 11.4 Å². The molecule has 2 heterocycles. The van der Waals surface area contributed by atoms with Crippen LogP contribution in [0, 0.1) is 0 Å². The van der Waals surface area contributed by atoms with Gasteiger partial charge in [-0.25, -0.2) is 9.78 Å². The number of ether oxygens (including phenoxy) is 1. The molecule has 0 aliphatic carbocycles. The first kappa shape index (κ1) is 25.3. The Kier molecular flexibility index (Phi) is 6.98. The van der Waals surface area contributed by atoms with Crippen LogP contribution in [-0.4, -0.2) is 62.6 Å². The second-order valence-corrected chi connectivity index (χ2v) is 10.7. The summed E-state index contributed by atoms with van der Waals surface area (Å²) >= 11 is 0. The van der Waals surface area contributed by atoms with Gasteiger partial charge in [0.05, 0.1) is 42.3 Å². The lowest BCUT2D eigenvalue weighted by atomic mass is 9.79. The zero-order valence-corrected chi connectivity index (χ0v) is 20.9. The molecule has 2 aromatic rings. The summed E-state index contributed by atoms with van der Waals surface area (Å²) in [6.45, 7) is 15.5. The van der Waals surface area contributed by atoms with Crippen molar-refractivity contribution < 1.29 is 23.9 Å². The van der Waals surface area contributed by atoms with E-state index in [1.165, 1.54) is 4.90 Å². The summed E-state index contributed by atoms with van der Waals surface area (Å²) in [5, 5.41) is 9.81. The number of aliphatic hydroxyl groups excluding tert-OH is 1. The van der Waals surface area contributed by atoms with Crippen LogP contribution in [0.5, 0.6) is 0 Å². The van der Waals surface area contributed by atoms with Crippen molar-refractivity contribution in [3.63, 3.8) is 0 Å². The molecule has 1 aliphatic rings. The molecule has 180 valence electrons. The third-order valence-corrected chi connectivity index (χ3v) is 5.85. The Morgan fingerprint density at radius 2 is 1.76 bits per heavy atom. The number of imidazole rings is 1. The average Bonchev–Trinajstić information content (AvgIpc) is 3.21. The molecule has 1 aromatic heterocycles. The van der Waals surface area contributed by atoms with Crippen LogP contribution in [0.15, 0.2) is 30.5 Å². The van der Waals surface area contributed by atoms with Gasteiger partial charge < -0.3 is 24.1 Å². The predicted octanol–water partition coefficient (Wildman–Crippen LogP) is 3.49. The van der Waals surface area contributed by atoms with Gasteiger partial charge in [0.2, 0.25) is 0 Å². The first-order valence-electron chi connectivity index (χ1n) is 11.3. The highest BCUT2D eigenvalue weighted by Gasteiger charge is 2.51. The molecular formula is C24H36BN3O5.